The normalized spacial score (nSPS) is 11.8. The van der Waals surface area contributed by atoms with E-state index in [9.17, 15) is 13.2 Å². The summed E-state index contributed by atoms with van der Waals surface area (Å²) in [5.74, 6) is 0. The highest BCUT2D eigenvalue weighted by Crippen LogP contribution is 2.37. The third-order valence-corrected chi connectivity index (χ3v) is 2.51. The smallest absolute Gasteiger partial charge is 0.262 e. The van der Waals surface area contributed by atoms with Crippen molar-refractivity contribution in [1.29, 1.82) is 0 Å². The minimum Gasteiger partial charge on any atom is -0.262 e. The molecule has 0 aliphatic carbocycles. The topological polar surface area (TPSA) is 12.9 Å². The summed E-state index contributed by atoms with van der Waals surface area (Å²) in [6.45, 7) is 0. The second-order valence-corrected chi connectivity index (χ2v) is 3.18. The first-order valence-corrected chi connectivity index (χ1v) is 3.96. The molecule has 6 heteroatoms. The van der Waals surface area contributed by atoms with Gasteiger partial charge in [0.15, 0.2) is 0 Å². The number of rotatable bonds is 0. The average Bonchev–Trinajstić information content (AvgIpc) is 1.92. The predicted molar refractivity (Wildman–Crippen MR) is 41.9 cm³/mol. The van der Waals surface area contributed by atoms with Crippen LogP contribution in [0.15, 0.2) is 16.9 Å². The third-order valence-electron chi connectivity index (χ3n) is 1.14. The molecular weight excluding hydrogens is 258 g/mol. The van der Waals surface area contributed by atoms with Crippen molar-refractivity contribution in [2.24, 2.45) is 0 Å². The van der Waals surface area contributed by atoms with Crippen LogP contribution in [0.2, 0.25) is 5.02 Å². The van der Waals surface area contributed by atoms with Crippen LogP contribution in [0, 0.1) is 0 Å². The maximum atomic E-state index is 12.1. The molecule has 0 unspecified atom stereocenters. The molecular formula is C6H2BrClF3N. The SMILES string of the molecule is FC(F)(F)c1cncc(Cl)c1Br. The van der Waals surface area contributed by atoms with Crippen molar-refractivity contribution in [2.75, 3.05) is 0 Å². The summed E-state index contributed by atoms with van der Waals surface area (Å²) in [5, 5.41) is -0.0511. The molecule has 1 heterocycles. The standard InChI is InChI=1S/C6H2BrClF3N/c7-5-3(6(9,10)11)1-12-2-4(5)8/h1-2H. The molecule has 1 rings (SSSR count). The van der Waals surface area contributed by atoms with Crippen molar-refractivity contribution in [3.8, 4) is 0 Å². The van der Waals surface area contributed by atoms with Crippen LogP contribution in [0.1, 0.15) is 5.56 Å². The molecule has 66 valence electrons. The molecule has 0 bridgehead atoms. The van der Waals surface area contributed by atoms with E-state index < -0.39 is 11.7 Å². The van der Waals surface area contributed by atoms with Gasteiger partial charge in [0, 0.05) is 12.4 Å². The van der Waals surface area contributed by atoms with Crippen LogP contribution in [0.3, 0.4) is 0 Å². The van der Waals surface area contributed by atoms with Gasteiger partial charge in [0.25, 0.3) is 0 Å². The first-order valence-electron chi connectivity index (χ1n) is 2.79. The Labute approximate surface area is 79.7 Å². The molecule has 0 N–H and O–H groups in total. The molecule has 0 spiro atoms. The van der Waals surface area contributed by atoms with Crippen molar-refractivity contribution in [2.45, 2.75) is 6.18 Å². The minimum atomic E-state index is -4.42. The fourth-order valence-corrected chi connectivity index (χ4v) is 1.20. The van der Waals surface area contributed by atoms with Crippen LogP contribution in [-0.4, -0.2) is 4.98 Å². The van der Waals surface area contributed by atoms with Gasteiger partial charge in [-0.05, 0) is 15.9 Å². The van der Waals surface area contributed by atoms with Gasteiger partial charge in [0.1, 0.15) is 0 Å². The van der Waals surface area contributed by atoms with E-state index in [0.717, 1.165) is 12.4 Å². The maximum absolute atomic E-state index is 12.1. The van der Waals surface area contributed by atoms with E-state index in [2.05, 4.69) is 20.9 Å². The average molecular weight is 260 g/mol. The van der Waals surface area contributed by atoms with Crippen LogP contribution in [0.25, 0.3) is 0 Å². The van der Waals surface area contributed by atoms with Crippen molar-refractivity contribution < 1.29 is 13.2 Å². The quantitative estimate of drug-likeness (QED) is 0.695. The molecule has 0 radical (unpaired) electrons. The third kappa shape index (κ3) is 1.90. The largest absolute Gasteiger partial charge is 0.419 e. The van der Waals surface area contributed by atoms with Gasteiger partial charge < -0.3 is 0 Å². The number of hydrogen-bond acceptors (Lipinski definition) is 1. The first-order chi connectivity index (χ1) is 5.43. The zero-order valence-corrected chi connectivity index (χ0v) is 7.83. The van der Waals surface area contributed by atoms with Gasteiger partial charge in [-0.1, -0.05) is 11.6 Å². The Kier molecular flexibility index (Phi) is 2.63. The van der Waals surface area contributed by atoms with E-state index in [1.54, 1.807) is 0 Å². The van der Waals surface area contributed by atoms with E-state index in [1.807, 2.05) is 0 Å². The summed E-state index contributed by atoms with van der Waals surface area (Å²) in [7, 11) is 0. The van der Waals surface area contributed by atoms with Gasteiger partial charge >= 0.3 is 6.18 Å². The van der Waals surface area contributed by atoms with Gasteiger partial charge in [-0.15, -0.1) is 0 Å². The summed E-state index contributed by atoms with van der Waals surface area (Å²) < 4.78 is 36.1. The summed E-state index contributed by atoms with van der Waals surface area (Å²) >= 11 is 8.13. The van der Waals surface area contributed by atoms with E-state index in [-0.39, 0.29) is 9.50 Å². The van der Waals surface area contributed by atoms with Crippen molar-refractivity contribution in [1.82, 2.24) is 4.98 Å². The van der Waals surface area contributed by atoms with Crippen LogP contribution in [0.4, 0.5) is 13.2 Å². The van der Waals surface area contributed by atoms with Crippen LogP contribution >= 0.6 is 27.5 Å². The van der Waals surface area contributed by atoms with Gasteiger partial charge in [-0.3, -0.25) is 4.98 Å². The molecule has 0 atom stereocenters. The number of hydrogen-bond donors (Lipinski definition) is 0. The van der Waals surface area contributed by atoms with Crippen molar-refractivity contribution >= 4 is 27.5 Å². The number of halogens is 5. The Morgan fingerprint density at radius 3 is 2.33 bits per heavy atom. The van der Waals surface area contributed by atoms with E-state index in [4.69, 9.17) is 11.6 Å². The van der Waals surface area contributed by atoms with Crippen LogP contribution in [0.5, 0.6) is 0 Å². The summed E-state index contributed by atoms with van der Waals surface area (Å²) in [5.41, 5.74) is -0.866. The Bertz CT molecular complexity index is 299. The maximum Gasteiger partial charge on any atom is 0.419 e. The fourth-order valence-electron chi connectivity index (χ4n) is 0.617. The summed E-state index contributed by atoms with van der Waals surface area (Å²) in [4.78, 5) is 3.33. The molecule has 0 aliphatic rings. The summed E-state index contributed by atoms with van der Waals surface area (Å²) in [6.07, 6.45) is -2.56. The Morgan fingerprint density at radius 1 is 1.33 bits per heavy atom. The molecule has 1 nitrogen and oxygen atoms in total. The Hall–Kier alpha value is -0.290. The lowest BCUT2D eigenvalue weighted by molar-refractivity contribution is -0.138. The number of pyridine rings is 1. The van der Waals surface area contributed by atoms with Crippen molar-refractivity contribution in [3.63, 3.8) is 0 Å². The van der Waals surface area contributed by atoms with E-state index in [1.165, 1.54) is 0 Å². The second kappa shape index (κ2) is 3.22. The lowest BCUT2D eigenvalue weighted by Gasteiger charge is -2.08. The zero-order chi connectivity index (χ0) is 9.35. The molecule has 0 saturated carbocycles. The zero-order valence-electron chi connectivity index (χ0n) is 5.49. The van der Waals surface area contributed by atoms with Gasteiger partial charge in [0.2, 0.25) is 0 Å². The van der Waals surface area contributed by atoms with Gasteiger partial charge in [0.05, 0.1) is 15.1 Å². The monoisotopic (exact) mass is 259 g/mol. The first kappa shape index (κ1) is 9.80. The minimum absolute atomic E-state index is 0.0511. The lowest BCUT2D eigenvalue weighted by Crippen LogP contribution is -2.06. The van der Waals surface area contributed by atoms with Crippen LogP contribution < -0.4 is 0 Å². The fraction of sp³-hybridized carbons (Fsp3) is 0.167. The van der Waals surface area contributed by atoms with Crippen LogP contribution in [-0.2, 0) is 6.18 Å². The molecule has 1 aromatic heterocycles. The van der Waals surface area contributed by atoms with Gasteiger partial charge in [-0.2, -0.15) is 13.2 Å². The second-order valence-electron chi connectivity index (χ2n) is 1.98. The molecule has 0 aromatic carbocycles. The Balaban J connectivity index is 3.26. The molecule has 0 aliphatic heterocycles. The molecule has 0 fully saturated rings. The number of alkyl halides is 3. The summed E-state index contributed by atoms with van der Waals surface area (Å²) in [6, 6.07) is 0. The highest BCUT2D eigenvalue weighted by molar-refractivity contribution is 9.10. The van der Waals surface area contributed by atoms with Gasteiger partial charge in [-0.25, -0.2) is 0 Å². The Morgan fingerprint density at radius 2 is 1.92 bits per heavy atom. The van der Waals surface area contributed by atoms with Crippen molar-refractivity contribution in [3.05, 3.63) is 27.5 Å². The molecule has 0 amide bonds. The predicted octanol–water partition coefficient (Wildman–Crippen LogP) is 3.52. The molecule has 12 heavy (non-hydrogen) atoms. The number of nitrogens with zero attached hydrogens (tertiary/aromatic N) is 1. The lowest BCUT2D eigenvalue weighted by atomic mass is 10.3. The molecule has 1 aromatic rings. The highest BCUT2D eigenvalue weighted by Gasteiger charge is 2.34. The number of aromatic nitrogens is 1. The van der Waals surface area contributed by atoms with E-state index in [0.29, 0.717) is 0 Å². The highest BCUT2D eigenvalue weighted by atomic mass is 79.9. The molecule has 0 saturated heterocycles. The van der Waals surface area contributed by atoms with E-state index >= 15 is 0 Å².